The second-order valence-electron chi connectivity index (χ2n) is 0.637. The van der Waals surface area contributed by atoms with Crippen molar-refractivity contribution in [1.29, 1.82) is 0 Å². The molecule has 0 saturated carbocycles. The Morgan fingerprint density at radius 2 is 2.00 bits per heavy atom. The monoisotopic (exact) mass is 144 g/mol. The van der Waals surface area contributed by atoms with Gasteiger partial charge in [0.2, 0.25) is 0 Å². The van der Waals surface area contributed by atoms with Crippen LogP contribution in [0.4, 0.5) is 0 Å². The summed E-state index contributed by atoms with van der Waals surface area (Å²) in [5, 5.41) is 0. The molecule has 1 atom stereocenters. The van der Waals surface area contributed by atoms with Gasteiger partial charge in [0.1, 0.15) is 0 Å². The fraction of sp³-hybridized carbons (Fsp3) is 0. The van der Waals surface area contributed by atoms with E-state index in [-0.39, 0.29) is 0 Å². The Morgan fingerprint density at radius 1 is 2.00 bits per heavy atom. The maximum absolute atomic E-state index is 9.73. The van der Waals surface area contributed by atoms with Crippen molar-refractivity contribution in [3.63, 3.8) is 0 Å². The molecular weight excluding hydrogens is 142 g/mol. The first kappa shape index (κ1) is 6.25. The van der Waals surface area contributed by atoms with Crippen molar-refractivity contribution >= 4 is 20.5 Å². The van der Waals surface area contributed by atoms with Gasteiger partial charge in [0, 0.05) is 0 Å². The molecule has 0 aromatic carbocycles. The van der Waals surface area contributed by atoms with Gasteiger partial charge >= 0.3 is 45.8 Å². The third-order valence-electron chi connectivity index (χ3n) is 0. The zero-order chi connectivity index (χ0) is 4.50. The van der Waals surface area contributed by atoms with Crippen LogP contribution in [-0.4, -0.2) is 20.7 Å². The summed E-state index contributed by atoms with van der Waals surface area (Å²) in [5.74, 6) is 0. The zero-order valence-electron chi connectivity index (χ0n) is 2.42. The van der Waals surface area contributed by atoms with Gasteiger partial charge in [-0.2, -0.15) is 0 Å². The molecule has 28 valence electrons. The quantitative estimate of drug-likeness (QED) is 0.368. The summed E-state index contributed by atoms with van der Waals surface area (Å²) in [6.07, 6.45) is 0. The Kier molecular flexibility index (Phi) is 2.26. The molecule has 0 aliphatic rings. The van der Waals surface area contributed by atoms with Crippen LogP contribution in [0, 0.1) is 0 Å². The van der Waals surface area contributed by atoms with E-state index >= 15 is 0 Å². The van der Waals surface area contributed by atoms with E-state index in [2.05, 4.69) is 15.8 Å². The van der Waals surface area contributed by atoms with Crippen molar-refractivity contribution < 1.29 is 25.3 Å². The van der Waals surface area contributed by atoms with Crippen LogP contribution < -0.4 is 0 Å². The molecule has 2 nitrogen and oxygen atoms in total. The predicted molar refractivity (Wildman–Crippen MR) is 17.0 cm³/mol. The number of rotatable bonds is 0. The maximum atomic E-state index is 9.73. The van der Waals surface area contributed by atoms with Crippen LogP contribution in [0.15, 0.2) is 0 Å². The van der Waals surface area contributed by atoms with Crippen LogP contribution in [0.25, 0.3) is 0 Å². The van der Waals surface area contributed by atoms with Crippen LogP contribution in [0.5, 0.6) is 0 Å². The van der Waals surface area contributed by atoms with Crippen molar-refractivity contribution in [1.82, 2.24) is 0 Å². The van der Waals surface area contributed by atoms with E-state index in [0.29, 0.717) is 0 Å². The summed E-state index contributed by atoms with van der Waals surface area (Å²) in [5.41, 5.74) is 0. The van der Waals surface area contributed by atoms with Crippen LogP contribution in [-0.2, 0) is 20.4 Å². The molecule has 0 bridgehead atoms. The van der Waals surface area contributed by atoms with E-state index < -0.39 is 4.66 Å². The van der Waals surface area contributed by atoms with E-state index in [4.69, 9.17) is 4.89 Å². The molecule has 0 aromatic heterocycles. The minimum atomic E-state index is -2.74. The first-order chi connectivity index (χ1) is 2.00. The molecule has 5 heavy (non-hydrogen) atoms. The van der Waals surface area contributed by atoms with Crippen LogP contribution >= 0.6 is 4.66 Å². The SMILES string of the molecule is O=[P](O)([AlH])[Cr]. The molecule has 1 unspecified atom stereocenters. The van der Waals surface area contributed by atoms with Gasteiger partial charge in [-0.25, -0.2) is 0 Å². The summed E-state index contributed by atoms with van der Waals surface area (Å²) < 4.78 is 6.99. The van der Waals surface area contributed by atoms with E-state index in [1.807, 2.05) is 0 Å². The van der Waals surface area contributed by atoms with E-state index in [0.717, 1.165) is 15.8 Å². The van der Waals surface area contributed by atoms with E-state index in [9.17, 15) is 4.57 Å². The van der Waals surface area contributed by atoms with Crippen LogP contribution in [0.3, 0.4) is 0 Å². The van der Waals surface area contributed by atoms with Crippen molar-refractivity contribution in [3.8, 4) is 0 Å². The third kappa shape index (κ3) is 35.4. The predicted octanol–water partition coefficient (Wildman–Crippen LogP) is -0.466. The minimum absolute atomic E-state index is 1.07. The Labute approximate surface area is 46.1 Å². The molecule has 0 amide bonds. The Balaban J connectivity index is 3.47. The van der Waals surface area contributed by atoms with Gasteiger partial charge in [0.15, 0.2) is 0 Å². The first-order valence-corrected chi connectivity index (χ1v) is 6.25. The van der Waals surface area contributed by atoms with Gasteiger partial charge in [0.05, 0.1) is 0 Å². The van der Waals surface area contributed by atoms with Gasteiger partial charge < -0.3 is 0 Å². The van der Waals surface area contributed by atoms with Crippen LogP contribution in [0.2, 0.25) is 0 Å². The average Bonchev–Trinajstić information content (AvgIpc) is 0.722. The molecule has 0 saturated heterocycles. The molecule has 0 aliphatic carbocycles. The molecule has 0 heterocycles. The Bertz CT molecular complexity index is 55.8. The standard InChI is InChI=1S/Al.Cr.HO2P.H/c;;1-3-2;/h;;(H,1,2);. The van der Waals surface area contributed by atoms with Gasteiger partial charge in [-0.05, 0) is 0 Å². The molecule has 1 N–H and O–H groups in total. The van der Waals surface area contributed by atoms with Gasteiger partial charge in [0.25, 0.3) is 0 Å². The summed E-state index contributed by atoms with van der Waals surface area (Å²) in [6, 6.07) is 0. The molecule has 0 aliphatic heterocycles. The van der Waals surface area contributed by atoms with Gasteiger partial charge in [-0.1, -0.05) is 0 Å². The van der Waals surface area contributed by atoms with E-state index in [1.54, 1.807) is 0 Å². The Hall–Kier alpha value is 1.25. The molecular formula is H2AlCrO2P. The average molecular weight is 144 g/mol. The van der Waals surface area contributed by atoms with Crippen molar-refractivity contribution in [2.75, 3.05) is 0 Å². The van der Waals surface area contributed by atoms with Crippen molar-refractivity contribution in [3.05, 3.63) is 0 Å². The van der Waals surface area contributed by atoms with Crippen LogP contribution in [0.1, 0.15) is 0 Å². The second kappa shape index (κ2) is 1.81. The topological polar surface area (TPSA) is 37.3 Å². The fourth-order valence-electron chi connectivity index (χ4n) is 0. The molecule has 0 spiro atoms. The summed E-state index contributed by atoms with van der Waals surface area (Å²) in [4.78, 5) is 8.03. The molecule has 1 radical (unpaired) electrons. The summed E-state index contributed by atoms with van der Waals surface area (Å²) in [7, 11) is 0. The fourth-order valence-corrected chi connectivity index (χ4v) is 0. The molecule has 0 rings (SSSR count). The second-order valence-corrected chi connectivity index (χ2v) is 9.40. The third-order valence-corrected chi connectivity index (χ3v) is 0. The van der Waals surface area contributed by atoms with Crippen molar-refractivity contribution in [2.45, 2.75) is 0 Å². The number of hydrogen-bond acceptors (Lipinski definition) is 1. The number of hydrogen-bond donors (Lipinski definition) is 1. The normalized spacial score (nSPS) is 21.0. The molecule has 0 aromatic rings. The Morgan fingerprint density at radius 3 is 2.00 bits per heavy atom. The first-order valence-electron chi connectivity index (χ1n) is 0.881. The van der Waals surface area contributed by atoms with Crippen molar-refractivity contribution in [2.24, 2.45) is 0 Å². The van der Waals surface area contributed by atoms with E-state index in [1.165, 1.54) is 0 Å². The molecule has 0 fully saturated rings. The van der Waals surface area contributed by atoms with Gasteiger partial charge in [-0.3, -0.25) is 0 Å². The molecule has 5 heteroatoms. The summed E-state index contributed by atoms with van der Waals surface area (Å²) >= 11 is 3.17. The van der Waals surface area contributed by atoms with Gasteiger partial charge in [-0.15, -0.1) is 0 Å². The zero-order valence-corrected chi connectivity index (χ0v) is 6.00. The summed E-state index contributed by atoms with van der Waals surface area (Å²) in [6.45, 7) is 0.